The van der Waals surface area contributed by atoms with Gasteiger partial charge >= 0.3 is 11.9 Å². The van der Waals surface area contributed by atoms with Crippen LogP contribution in [0.2, 0.25) is 0 Å². The second-order valence-electron chi connectivity index (χ2n) is 4.95. The van der Waals surface area contributed by atoms with E-state index in [1.165, 1.54) is 34.3 Å². The fraction of sp³-hybridized carbons (Fsp3) is 0.333. The molecule has 1 aromatic rings. The number of rotatable bonds is 4. The lowest BCUT2D eigenvalue weighted by Crippen LogP contribution is -2.42. The predicted molar refractivity (Wildman–Crippen MR) is 77.5 cm³/mol. The average Bonchev–Trinajstić information content (AvgIpc) is 2.44. The zero-order chi connectivity index (χ0) is 16.3. The van der Waals surface area contributed by atoms with E-state index in [2.05, 4.69) is 5.32 Å². The Morgan fingerprint density at radius 3 is 2.27 bits per heavy atom. The zero-order valence-electron chi connectivity index (χ0n) is 12.8. The van der Waals surface area contributed by atoms with Gasteiger partial charge in [0.2, 0.25) is 0 Å². The number of cyclic esters (lactones) is 2. The van der Waals surface area contributed by atoms with E-state index in [9.17, 15) is 9.59 Å². The van der Waals surface area contributed by atoms with Crippen molar-refractivity contribution in [1.29, 1.82) is 0 Å². The van der Waals surface area contributed by atoms with Crippen LogP contribution >= 0.6 is 0 Å². The minimum Gasteiger partial charge on any atom is -0.497 e. The Morgan fingerprint density at radius 2 is 1.73 bits per heavy atom. The topological polar surface area (TPSA) is 83.1 Å². The van der Waals surface area contributed by atoms with Gasteiger partial charge in [0, 0.05) is 26.1 Å². The molecule has 118 valence electrons. The van der Waals surface area contributed by atoms with E-state index in [1.54, 1.807) is 18.2 Å². The summed E-state index contributed by atoms with van der Waals surface area (Å²) in [4.78, 5) is 23.7. The summed E-state index contributed by atoms with van der Waals surface area (Å²) in [5.74, 6) is -1.66. The van der Waals surface area contributed by atoms with Gasteiger partial charge in [-0.25, -0.2) is 9.59 Å². The summed E-state index contributed by atoms with van der Waals surface area (Å²) in [6, 6.07) is 5.09. The first-order valence-corrected chi connectivity index (χ1v) is 6.51. The largest absolute Gasteiger partial charge is 0.497 e. The molecule has 0 unspecified atom stereocenters. The van der Waals surface area contributed by atoms with Crippen molar-refractivity contribution in [1.82, 2.24) is 0 Å². The maximum absolute atomic E-state index is 11.8. The highest BCUT2D eigenvalue weighted by Crippen LogP contribution is 2.29. The van der Waals surface area contributed by atoms with Gasteiger partial charge in [0.25, 0.3) is 5.79 Å². The van der Waals surface area contributed by atoms with Crippen LogP contribution in [0, 0.1) is 0 Å². The van der Waals surface area contributed by atoms with E-state index in [0.717, 1.165) is 0 Å². The molecule has 7 nitrogen and oxygen atoms in total. The summed E-state index contributed by atoms with van der Waals surface area (Å²) >= 11 is 0. The third kappa shape index (κ3) is 3.30. The SMILES string of the molecule is COc1ccc(OC)c(NC=C2C(=O)OC(C)(C)OC2=O)c1. The van der Waals surface area contributed by atoms with Crippen LogP contribution in [0.5, 0.6) is 11.5 Å². The van der Waals surface area contributed by atoms with Crippen LogP contribution in [0.15, 0.2) is 30.0 Å². The summed E-state index contributed by atoms with van der Waals surface area (Å²) in [6.07, 6.45) is 1.22. The number of anilines is 1. The fourth-order valence-corrected chi connectivity index (χ4v) is 1.86. The smallest absolute Gasteiger partial charge is 0.350 e. The highest BCUT2D eigenvalue weighted by molar-refractivity contribution is 6.15. The molecule has 0 atom stereocenters. The second kappa shape index (κ2) is 5.97. The number of carbonyl (C=O) groups is 2. The van der Waals surface area contributed by atoms with Gasteiger partial charge in [0.1, 0.15) is 11.5 Å². The van der Waals surface area contributed by atoms with Crippen LogP contribution in [0.1, 0.15) is 13.8 Å². The van der Waals surface area contributed by atoms with Crippen LogP contribution in [0.25, 0.3) is 0 Å². The minimum atomic E-state index is -1.26. The minimum absolute atomic E-state index is 0.232. The molecule has 0 aliphatic carbocycles. The molecule has 1 aliphatic rings. The summed E-state index contributed by atoms with van der Waals surface area (Å²) < 4.78 is 20.3. The van der Waals surface area contributed by atoms with Crippen LogP contribution in [0.4, 0.5) is 5.69 Å². The monoisotopic (exact) mass is 307 g/mol. The summed E-state index contributed by atoms with van der Waals surface area (Å²) in [5, 5.41) is 2.83. The van der Waals surface area contributed by atoms with E-state index in [1.807, 2.05) is 0 Å². The molecular formula is C15H17NO6. The van der Waals surface area contributed by atoms with Gasteiger partial charge in [0.15, 0.2) is 5.57 Å². The number of carbonyl (C=O) groups excluding carboxylic acids is 2. The lowest BCUT2D eigenvalue weighted by atomic mass is 10.2. The molecule has 1 N–H and O–H groups in total. The Morgan fingerprint density at radius 1 is 1.09 bits per heavy atom. The Labute approximate surface area is 127 Å². The molecule has 2 rings (SSSR count). The molecule has 0 spiro atoms. The Bertz CT molecular complexity index is 613. The van der Waals surface area contributed by atoms with Crippen molar-refractivity contribution in [2.24, 2.45) is 0 Å². The van der Waals surface area contributed by atoms with E-state index in [0.29, 0.717) is 17.2 Å². The van der Waals surface area contributed by atoms with Gasteiger partial charge in [-0.3, -0.25) is 0 Å². The first kappa shape index (κ1) is 15.7. The maximum atomic E-state index is 11.8. The molecule has 0 saturated carbocycles. The molecule has 0 radical (unpaired) electrons. The number of hydrogen-bond donors (Lipinski definition) is 1. The normalized spacial score (nSPS) is 16.5. The van der Waals surface area contributed by atoms with Crippen LogP contribution in [0.3, 0.4) is 0 Å². The standard InChI is InChI=1S/C15H17NO6/c1-15(2)21-13(17)10(14(18)22-15)8-16-11-7-9(19-3)5-6-12(11)20-4/h5-8,16H,1-4H3. The third-order valence-electron chi connectivity index (χ3n) is 2.90. The Balaban J connectivity index is 2.24. The number of esters is 2. The molecule has 22 heavy (non-hydrogen) atoms. The van der Waals surface area contributed by atoms with Gasteiger partial charge in [-0.2, -0.15) is 0 Å². The van der Waals surface area contributed by atoms with Crippen molar-refractivity contribution in [3.8, 4) is 11.5 Å². The molecule has 1 saturated heterocycles. The van der Waals surface area contributed by atoms with Crippen molar-refractivity contribution in [3.63, 3.8) is 0 Å². The molecule has 1 heterocycles. The quantitative estimate of drug-likeness (QED) is 0.516. The number of ether oxygens (including phenoxy) is 4. The summed E-state index contributed by atoms with van der Waals surface area (Å²) in [5.41, 5.74) is 0.295. The first-order valence-electron chi connectivity index (χ1n) is 6.51. The first-order chi connectivity index (χ1) is 10.4. The predicted octanol–water partition coefficient (Wildman–Crippen LogP) is 1.84. The van der Waals surface area contributed by atoms with Crippen molar-refractivity contribution in [2.45, 2.75) is 19.6 Å². The van der Waals surface area contributed by atoms with Crippen molar-refractivity contribution >= 4 is 17.6 Å². The van der Waals surface area contributed by atoms with E-state index < -0.39 is 17.7 Å². The number of benzene rings is 1. The summed E-state index contributed by atoms with van der Waals surface area (Å²) in [6.45, 7) is 2.97. The number of nitrogens with one attached hydrogen (secondary N) is 1. The molecule has 0 bridgehead atoms. The third-order valence-corrected chi connectivity index (χ3v) is 2.90. The van der Waals surface area contributed by atoms with Crippen LogP contribution < -0.4 is 14.8 Å². The summed E-state index contributed by atoms with van der Waals surface area (Å²) in [7, 11) is 3.04. The fourth-order valence-electron chi connectivity index (χ4n) is 1.86. The molecule has 1 aromatic carbocycles. The maximum Gasteiger partial charge on any atom is 0.350 e. The van der Waals surface area contributed by atoms with Crippen molar-refractivity contribution in [3.05, 3.63) is 30.0 Å². The lowest BCUT2D eigenvalue weighted by Gasteiger charge is -2.29. The van der Waals surface area contributed by atoms with Gasteiger partial charge in [-0.05, 0) is 12.1 Å². The molecular weight excluding hydrogens is 290 g/mol. The Hall–Kier alpha value is -2.70. The molecule has 1 aliphatic heterocycles. The van der Waals surface area contributed by atoms with E-state index in [-0.39, 0.29) is 5.57 Å². The van der Waals surface area contributed by atoms with Gasteiger partial charge in [-0.15, -0.1) is 0 Å². The van der Waals surface area contributed by atoms with Crippen LogP contribution in [-0.4, -0.2) is 31.9 Å². The molecule has 7 heteroatoms. The van der Waals surface area contributed by atoms with E-state index in [4.69, 9.17) is 18.9 Å². The number of methoxy groups -OCH3 is 2. The van der Waals surface area contributed by atoms with Gasteiger partial charge in [0.05, 0.1) is 19.9 Å². The lowest BCUT2D eigenvalue weighted by molar-refractivity contribution is -0.222. The average molecular weight is 307 g/mol. The molecule has 0 aromatic heterocycles. The van der Waals surface area contributed by atoms with Crippen molar-refractivity contribution < 1.29 is 28.5 Å². The zero-order valence-corrected chi connectivity index (χ0v) is 12.8. The van der Waals surface area contributed by atoms with Crippen molar-refractivity contribution in [2.75, 3.05) is 19.5 Å². The van der Waals surface area contributed by atoms with Crippen LogP contribution in [-0.2, 0) is 19.1 Å². The molecule has 0 amide bonds. The molecule has 1 fully saturated rings. The van der Waals surface area contributed by atoms with Gasteiger partial charge in [-0.1, -0.05) is 0 Å². The van der Waals surface area contributed by atoms with Gasteiger partial charge < -0.3 is 24.3 Å². The number of hydrogen-bond acceptors (Lipinski definition) is 7. The highest BCUT2D eigenvalue weighted by atomic mass is 16.7. The highest BCUT2D eigenvalue weighted by Gasteiger charge is 2.38. The van der Waals surface area contributed by atoms with E-state index >= 15 is 0 Å². The Kier molecular flexibility index (Phi) is 4.25. The second-order valence-corrected chi connectivity index (χ2v) is 4.95.